The van der Waals surface area contributed by atoms with Crippen LogP contribution in [0.15, 0.2) is 60.8 Å². The van der Waals surface area contributed by atoms with E-state index in [1.807, 2.05) is 12.1 Å². The Kier molecular flexibility index (Phi) is 5.65. The van der Waals surface area contributed by atoms with Crippen molar-refractivity contribution < 1.29 is 17.6 Å². The Hall–Kier alpha value is -4.02. The number of nitrogens with one attached hydrogen (secondary N) is 4. The number of imidazole rings is 2. The Balaban J connectivity index is 1.18. The maximum Gasteiger partial charge on any atom is 0.340 e. The molecular weight excluding hydrogens is 544 g/mol. The molecule has 10 heteroatoms. The molecule has 0 spiro atoms. The Morgan fingerprint density at radius 1 is 0.667 bits per heavy atom. The van der Waals surface area contributed by atoms with Crippen LogP contribution in [0.1, 0.15) is 60.5 Å². The summed E-state index contributed by atoms with van der Waals surface area (Å²) < 4.78 is 62.8. The summed E-state index contributed by atoms with van der Waals surface area (Å²) in [6, 6.07) is 14.5. The highest BCUT2D eigenvalue weighted by molar-refractivity contribution is 5.85. The summed E-state index contributed by atoms with van der Waals surface area (Å²) in [5, 5.41) is 6.75. The molecule has 1 aliphatic carbocycles. The molecule has 42 heavy (non-hydrogen) atoms. The van der Waals surface area contributed by atoms with Crippen LogP contribution in [0, 0.1) is 0 Å². The molecule has 2 fully saturated rings. The van der Waals surface area contributed by atoms with E-state index in [1.165, 1.54) is 24.3 Å². The van der Waals surface area contributed by atoms with E-state index in [0.717, 1.165) is 61.5 Å². The lowest BCUT2D eigenvalue weighted by atomic mass is 9.78. The number of fused-ring (bicyclic) bond motifs is 4. The van der Waals surface area contributed by atoms with E-state index in [4.69, 9.17) is 0 Å². The molecule has 3 aliphatic rings. The molecule has 2 aromatic heterocycles. The number of hydrogen-bond donors (Lipinski definition) is 4. The van der Waals surface area contributed by atoms with Crippen LogP contribution in [-0.4, -0.2) is 33.0 Å². The van der Waals surface area contributed by atoms with Crippen molar-refractivity contribution in [2.24, 2.45) is 0 Å². The lowest BCUT2D eigenvalue weighted by Crippen LogP contribution is -2.39. The van der Waals surface area contributed by atoms with E-state index < -0.39 is 23.0 Å². The summed E-state index contributed by atoms with van der Waals surface area (Å²) >= 11 is 0. The zero-order valence-electron chi connectivity index (χ0n) is 22.6. The molecule has 3 aromatic carbocycles. The number of aromatic amines is 2. The van der Waals surface area contributed by atoms with Gasteiger partial charge in [-0.1, -0.05) is 30.3 Å². The van der Waals surface area contributed by atoms with E-state index in [0.29, 0.717) is 22.4 Å². The average Bonchev–Trinajstić information content (AvgIpc) is 3.81. The zero-order valence-corrected chi connectivity index (χ0v) is 22.6. The molecule has 2 saturated heterocycles. The molecule has 0 unspecified atom stereocenters. The molecule has 8 rings (SSSR count). The molecule has 6 nitrogen and oxygen atoms in total. The molecule has 2 atom stereocenters. The van der Waals surface area contributed by atoms with Gasteiger partial charge in [0.2, 0.25) is 0 Å². The van der Waals surface area contributed by atoms with Crippen molar-refractivity contribution in [3.63, 3.8) is 0 Å². The monoisotopic (exact) mass is 572 g/mol. The van der Waals surface area contributed by atoms with Crippen molar-refractivity contribution in [2.45, 2.75) is 49.6 Å². The quantitative estimate of drug-likeness (QED) is 0.170. The van der Waals surface area contributed by atoms with Crippen molar-refractivity contribution >= 4 is 11.0 Å². The molecule has 4 heterocycles. The molecule has 0 saturated carbocycles. The second kappa shape index (κ2) is 9.24. The third-order valence-electron chi connectivity index (χ3n) is 8.92. The van der Waals surface area contributed by atoms with Crippen LogP contribution in [0.2, 0.25) is 0 Å². The molecule has 0 radical (unpaired) electrons. The number of rotatable bonds is 4. The van der Waals surface area contributed by atoms with Crippen molar-refractivity contribution in [3.05, 3.63) is 83.6 Å². The number of halogens is 4. The standard InChI is InChI=1S/C32H28F4N6/c33-31(34)22-13-17(18-7-10-24-27(15-18)41-30(40-24)26-4-2-12-38-26)5-8-20(22)21-9-6-19(14-23(21)32(31,35)36)28-16-39-29(42-28)25-3-1-11-37-25/h5-10,13-16,25-26,37-38H,1-4,11-12H2,(H,39,42)(H,40,41)/t25-,26-/m0/s1. The third kappa shape index (κ3) is 3.85. The minimum Gasteiger partial charge on any atom is -0.341 e. The predicted octanol–water partition coefficient (Wildman–Crippen LogP) is 7.33. The SMILES string of the molecule is FC1(F)c2cc(-c3ccc4nc([C@@H]5CCCN5)[nH]c4c3)ccc2-c2ccc(-c3cnc([C@@H]4CCCN4)[nH]3)cc2C1(F)F. The molecular formula is C32H28F4N6. The summed E-state index contributed by atoms with van der Waals surface area (Å²) in [4.78, 5) is 15.6. The fourth-order valence-corrected chi connectivity index (χ4v) is 6.63. The fourth-order valence-electron chi connectivity index (χ4n) is 6.63. The topological polar surface area (TPSA) is 81.4 Å². The average molecular weight is 573 g/mol. The minimum absolute atomic E-state index is 0.0727. The smallest absolute Gasteiger partial charge is 0.340 e. The van der Waals surface area contributed by atoms with E-state index in [-0.39, 0.29) is 23.2 Å². The fraction of sp³-hybridized carbons (Fsp3) is 0.312. The van der Waals surface area contributed by atoms with Gasteiger partial charge in [0.25, 0.3) is 0 Å². The first-order valence-corrected chi connectivity index (χ1v) is 14.4. The highest BCUT2D eigenvalue weighted by atomic mass is 19.3. The van der Waals surface area contributed by atoms with Crippen LogP contribution < -0.4 is 10.6 Å². The van der Waals surface area contributed by atoms with Crippen LogP contribution in [0.25, 0.3) is 44.5 Å². The largest absolute Gasteiger partial charge is 0.341 e. The van der Waals surface area contributed by atoms with Gasteiger partial charge < -0.3 is 20.6 Å². The van der Waals surface area contributed by atoms with Crippen molar-refractivity contribution in [1.82, 2.24) is 30.6 Å². The summed E-state index contributed by atoms with van der Waals surface area (Å²) in [7, 11) is 0. The first-order valence-electron chi connectivity index (χ1n) is 14.4. The molecule has 0 bridgehead atoms. The minimum atomic E-state index is -4.41. The summed E-state index contributed by atoms with van der Waals surface area (Å²) in [6.45, 7) is 1.83. The van der Waals surface area contributed by atoms with E-state index >= 15 is 17.6 Å². The Labute approximate surface area is 239 Å². The number of nitrogens with zero attached hydrogens (tertiary/aromatic N) is 2. The molecule has 5 aromatic rings. The highest BCUT2D eigenvalue weighted by Gasteiger charge is 2.62. The Bertz CT molecular complexity index is 1830. The number of hydrogen-bond acceptors (Lipinski definition) is 4. The van der Waals surface area contributed by atoms with E-state index in [1.54, 1.807) is 24.4 Å². The van der Waals surface area contributed by atoms with Crippen molar-refractivity contribution in [1.29, 1.82) is 0 Å². The van der Waals surface area contributed by atoms with Crippen LogP contribution in [0.5, 0.6) is 0 Å². The van der Waals surface area contributed by atoms with Crippen LogP contribution in [0.3, 0.4) is 0 Å². The highest BCUT2D eigenvalue weighted by Crippen LogP contribution is 2.58. The number of H-pyrrole nitrogens is 2. The molecule has 4 N–H and O–H groups in total. The first-order chi connectivity index (χ1) is 20.3. The molecule has 0 amide bonds. The maximum atomic E-state index is 15.7. The van der Waals surface area contributed by atoms with Gasteiger partial charge >= 0.3 is 11.8 Å². The van der Waals surface area contributed by atoms with Gasteiger partial charge in [-0.15, -0.1) is 0 Å². The second-order valence-corrected chi connectivity index (χ2v) is 11.5. The summed E-state index contributed by atoms with van der Waals surface area (Å²) in [5.41, 5.74) is 2.37. The lowest BCUT2D eigenvalue weighted by molar-refractivity contribution is -0.225. The van der Waals surface area contributed by atoms with Crippen LogP contribution in [-0.2, 0) is 11.8 Å². The number of alkyl halides is 4. The van der Waals surface area contributed by atoms with E-state index in [2.05, 4.69) is 30.6 Å². The number of benzene rings is 3. The predicted molar refractivity (Wildman–Crippen MR) is 152 cm³/mol. The van der Waals surface area contributed by atoms with Gasteiger partial charge in [0.1, 0.15) is 11.6 Å². The van der Waals surface area contributed by atoms with Gasteiger partial charge in [-0.2, -0.15) is 17.6 Å². The first kappa shape index (κ1) is 25.7. The zero-order chi connectivity index (χ0) is 28.6. The summed E-state index contributed by atoms with van der Waals surface area (Å²) in [6.07, 6.45) is 5.59. The van der Waals surface area contributed by atoms with Crippen LogP contribution in [0.4, 0.5) is 17.6 Å². The third-order valence-corrected chi connectivity index (χ3v) is 8.92. The van der Waals surface area contributed by atoms with Gasteiger partial charge in [-0.3, -0.25) is 0 Å². The van der Waals surface area contributed by atoms with Gasteiger partial charge in [-0.25, -0.2) is 9.97 Å². The second-order valence-electron chi connectivity index (χ2n) is 11.5. The lowest BCUT2D eigenvalue weighted by Gasteiger charge is -2.35. The van der Waals surface area contributed by atoms with Crippen LogP contribution >= 0.6 is 0 Å². The summed E-state index contributed by atoms with van der Waals surface area (Å²) in [5.74, 6) is -7.25. The normalized spacial score (nSPS) is 22.4. The Morgan fingerprint density at radius 2 is 1.26 bits per heavy atom. The Morgan fingerprint density at radius 3 is 1.93 bits per heavy atom. The van der Waals surface area contributed by atoms with Gasteiger partial charge in [0.05, 0.1) is 35.0 Å². The molecule has 214 valence electrons. The number of aromatic nitrogens is 4. The van der Waals surface area contributed by atoms with Crippen molar-refractivity contribution in [3.8, 4) is 33.5 Å². The van der Waals surface area contributed by atoms with Gasteiger partial charge in [0.15, 0.2) is 0 Å². The van der Waals surface area contributed by atoms with Gasteiger partial charge in [0, 0.05) is 16.7 Å². The van der Waals surface area contributed by atoms with Gasteiger partial charge in [-0.05, 0) is 85.3 Å². The maximum absolute atomic E-state index is 15.7. The van der Waals surface area contributed by atoms with Crippen molar-refractivity contribution in [2.75, 3.05) is 13.1 Å². The molecule has 2 aliphatic heterocycles. The van der Waals surface area contributed by atoms with E-state index in [9.17, 15) is 0 Å².